The lowest BCUT2D eigenvalue weighted by molar-refractivity contribution is 0.0969. The molecule has 0 heterocycles. The normalized spacial score (nSPS) is 12.5. The number of carbonyl (C=O) groups excluding carboxylic acids is 2. The number of aromatic hydroxyl groups is 2. The molecule has 0 saturated heterocycles. The van der Waals surface area contributed by atoms with Crippen molar-refractivity contribution in [3.63, 3.8) is 0 Å². The van der Waals surface area contributed by atoms with Crippen LogP contribution in [-0.2, 0) is 9.47 Å². The van der Waals surface area contributed by atoms with Crippen molar-refractivity contribution in [1.82, 2.24) is 0 Å². The molecule has 0 saturated carbocycles. The fourth-order valence-electron chi connectivity index (χ4n) is 2.99. The van der Waals surface area contributed by atoms with Gasteiger partial charge in [-0.1, -0.05) is 24.3 Å². The van der Waals surface area contributed by atoms with Gasteiger partial charge in [0.15, 0.2) is 23.1 Å². The molecule has 0 bridgehead atoms. The van der Waals surface area contributed by atoms with Crippen LogP contribution in [-0.4, -0.2) is 62.4 Å². The van der Waals surface area contributed by atoms with Crippen molar-refractivity contribution in [3.05, 3.63) is 46.5 Å². The van der Waals surface area contributed by atoms with E-state index in [1.54, 1.807) is 12.1 Å². The van der Waals surface area contributed by atoms with Gasteiger partial charge >= 0.3 is 0 Å². The summed E-state index contributed by atoms with van der Waals surface area (Å²) in [6.07, 6.45) is 0. The minimum absolute atomic E-state index is 0.0294. The number of hydrogen-bond donors (Lipinski definition) is 2. The van der Waals surface area contributed by atoms with Crippen LogP contribution < -0.4 is 9.47 Å². The van der Waals surface area contributed by atoms with Crippen LogP contribution in [0.4, 0.5) is 0 Å². The van der Waals surface area contributed by atoms with Crippen molar-refractivity contribution >= 4 is 11.6 Å². The second-order valence-corrected chi connectivity index (χ2v) is 5.99. The van der Waals surface area contributed by atoms with Crippen LogP contribution >= 0.6 is 0 Å². The Kier molecular flexibility index (Phi) is 5.81. The molecule has 3 rings (SSSR count). The van der Waals surface area contributed by atoms with E-state index in [0.29, 0.717) is 0 Å². The van der Waals surface area contributed by atoms with Crippen molar-refractivity contribution in [1.29, 1.82) is 0 Å². The smallest absolute Gasteiger partial charge is 0.208 e. The minimum Gasteiger partial charge on any atom is -0.504 e. The van der Waals surface area contributed by atoms with Gasteiger partial charge in [0.2, 0.25) is 11.5 Å². The van der Waals surface area contributed by atoms with E-state index >= 15 is 0 Å². The first-order chi connectivity index (χ1) is 13.5. The van der Waals surface area contributed by atoms with Gasteiger partial charge in [-0.05, 0) is 0 Å². The van der Waals surface area contributed by atoms with Crippen molar-refractivity contribution in [2.75, 3.05) is 40.6 Å². The number of ether oxygens (including phenoxy) is 4. The van der Waals surface area contributed by atoms with Crippen LogP contribution in [0.25, 0.3) is 0 Å². The van der Waals surface area contributed by atoms with Crippen molar-refractivity contribution < 1.29 is 38.7 Å². The molecule has 0 fully saturated rings. The number of phenolic OH excluding ortho intramolecular Hbond substituents is 2. The number of ketones is 2. The highest BCUT2D eigenvalue weighted by Crippen LogP contribution is 2.51. The second-order valence-electron chi connectivity index (χ2n) is 5.99. The van der Waals surface area contributed by atoms with E-state index in [2.05, 4.69) is 0 Å². The number of benzene rings is 2. The van der Waals surface area contributed by atoms with Gasteiger partial charge in [-0.3, -0.25) is 9.59 Å². The van der Waals surface area contributed by atoms with Crippen LogP contribution in [0.1, 0.15) is 31.8 Å². The Labute approximate surface area is 161 Å². The third-order valence-electron chi connectivity index (χ3n) is 4.30. The Morgan fingerprint density at radius 2 is 1.11 bits per heavy atom. The first-order valence-corrected chi connectivity index (χ1v) is 8.56. The summed E-state index contributed by atoms with van der Waals surface area (Å²) in [5.74, 6) is -2.76. The molecule has 2 N–H and O–H groups in total. The fourth-order valence-corrected chi connectivity index (χ4v) is 2.99. The Balaban J connectivity index is 2.18. The predicted octanol–water partition coefficient (Wildman–Crippen LogP) is 1.92. The van der Waals surface area contributed by atoms with Crippen molar-refractivity contribution in [3.8, 4) is 23.0 Å². The van der Waals surface area contributed by atoms with Gasteiger partial charge in [0.05, 0.1) is 24.3 Å². The van der Waals surface area contributed by atoms with Gasteiger partial charge in [0, 0.05) is 25.3 Å². The first kappa shape index (κ1) is 19.7. The molecule has 0 aromatic heterocycles. The molecule has 148 valence electrons. The van der Waals surface area contributed by atoms with E-state index < -0.39 is 23.1 Å². The standard InChI is InChI=1S/C20H20O8/c1-25-7-9-27-19-17(23)13-14(18(24)20(19)28-10-8-26-2)16(22)12-6-4-3-5-11(12)15(13)21/h3-6,23-24H,7-10H2,1-2H3. The zero-order valence-corrected chi connectivity index (χ0v) is 15.5. The van der Waals surface area contributed by atoms with Crippen molar-refractivity contribution in [2.24, 2.45) is 0 Å². The third-order valence-corrected chi connectivity index (χ3v) is 4.30. The quantitative estimate of drug-likeness (QED) is 0.445. The van der Waals surface area contributed by atoms with Crippen LogP contribution in [0.5, 0.6) is 23.0 Å². The summed E-state index contributed by atoms with van der Waals surface area (Å²) in [6, 6.07) is 6.21. The Morgan fingerprint density at radius 1 is 0.714 bits per heavy atom. The Morgan fingerprint density at radius 3 is 1.46 bits per heavy atom. The number of rotatable bonds is 8. The van der Waals surface area contributed by atoms with Gasteiger partial charge in [-0.25, -0.2) is 0 Å². The van der Waals surface area contributed by atoms with E-state index in [1.165, 1.54) is 26.4 Å². The average molecular weight is 388 g/mol. The molecule has 0 unspecified atom stereocenters. The summed E-state index contributed by atoms with van der Waals surface area (Å²) >= 11 is 0. The van der Waals surface area contributed by atoms with E-state index in [0.717, 1.165) is 0 Å². The topological polar surface area (TPSA) is 112 Å². The molecule has 1 aliphatic carbocycles. The number of fused-ring (bicyclic) bond motifs is 2. The molecule has 8 nitrogen and oxygen atoms in total. The summed E-state index contributed by atoms with van der Waals surface area (Å²) in [7, 11) is 2.95. The van der Waals surface area contributed by atoms with Gasteiger partial charge in [0.1, 0.15) is 13.2 Å². The van der Waals surface area contributed by atoms with Gasteiger partial charge in [-0.2, -0.15) is 0 Å². The number of carbonyl (C=O) groups is 2. The summed E-state index contributed by atoms with van der Waals surface area (Å²) in [5.41, 5.74) is -0.336. The molecule has 0 aliphatic heterocycles. The van der Waals surface area contributed by atoms with Crippen LogP contribution in [0.2, 0.25) is 0 Å². The molecule has 8 heteroatoms. The molecule has 2 aromatic rings. The highest BCUT2D eigenvalue weighted by atomic mass is 16.6. The monoisotopic (exact) mass is 388 g/mol. The maximum absolute atomic E-state index is 12.9. The lowest BCUT2D eigenvalue weighted by Gasteiger charge is -2.23. The van der Waals surface area contributed by atoms with E-state index in [4.69, 9.17) is 18.9 Å². The third kappa shape index (κ3) is 3.28. The van der Waals surface area contributed by atoms with E-state index in [1.807, 2.05) is 0 Å². The SMILES string of the molecule is COCCOc1c(O)c2c(c(O)c1OCCOC)C(=O)c1ccccc1C2=O. The maximum atomic E-state index is 12.9. The molecule has 1 aliphatic rings. The Hall–Kier alpha value is -3.10. The first-order valence-electron chi connectivity index (χ1n) is 8.56. The van der Waals surface area contributed by atoms with Gasteiger partial charge < -0.3 is 29.2 Å². The summed E-state index contributed by atoms with van der Waals surface area (Å²) in [4.78, 5) is 25.8. The van der Waals surface area contributed by atoms with Gasteiger partial charge in [-0.15, -0.1) is 0 Å². The molecule has 0 spiro atoms. The molecular formula is C20H20O8. The zero-order chi connectivity index (χ0) is 20.3. The number of phenols is 2. The Bertz CT molecular complexity index is 845. The van der Waals surface area contributed by atoms with E-state index in [-0.39, 0.29) is 60.2 Å². The predicted molar refractivity (Wildman–Crippen MR) is 97.8 cm³/mol. The molecule has 0 amide bonds. The number of methoxy groups -OCH3 is 2. The lowest BCUT2D eigenvalue weighted by Crippen LogP contribution is -2.22. The van der Waals surface area contributed by atoms with Crippen LogP contribution in [0.15, 0.2) is 24.3 Å². The zero-order valence-electron chi connectivity index (χ0n) is 15.5. The summed E-state index contributed by atoms with van der Waals surface area (Å²) in [5, 5.41) is 21.5. The number of hydrogen-bond acceptors (Lipinski definition) is 8. The van der Waals surface area contributed by atoms with E-state index in [9.17, 15) is 19.8 Å². The highest BCUT2D eigenvalue weighted by Gasteiger charge is 2.38. The van der Waals surface area contributed by atoms with Crippen LogP contribution in [0.3, 0.4) is 0 Å². The fraction of sp³-hybridized carbons (Fsp3) is 0.300. The largest absolute Gasteiger partial charge is 0.504 e. The molecule has 0 radical (unpaired) electrons. The van der Waals surface area contributed by atoms with Gasteiger partial charge in [0.25, 0.3) is 0 Å². The molecule has 28 heavy (non-hydrogen) atoms. The van der Waals surface area contributed by atoms with Crippen LogP contribution in [0, 0.1) is 0 Å². The second kappa shape index (κ2) is 8.28. The van der Waals surface area contributed by atoms with Crippen molar-refractivity contribution in [2.45, 2.75) is 0 Å². The minimum atomic E-state index is -0.585. The molecule has 2 aromatic carbocycles. The lowest BCUT2D eigenvalue weighted by atomic mass is 9.82. The average Bonchev–Trinajstić information content (AvgIpc) is 2.70. The summed E-state index contributed by atoms with van der Waals surface area (Å²) < 4.78 is 20.8. The molecular weight excluding hydrogens is 368 g/mol. The maximum Gasteiger partial charge on any atom is 0.208 e. The summed E-state index contributed by atoms with van der Waals surface area (Å²) in [6.45, 7) is 0.457. The molecule has 0 atom stereocenters. The highest BCUT2D eigenvalue weighted by molar-refractivity contribution is 6.30.